The van der Waals surface area contributed by atoms with Crippen molar-refractivity contribution in [3.05, 3.63) is 23.3 Å². The van der Waals surface area contributed by atoms with Gasteiger partial charge in [0.05, 0.1) is 49.5 Å². The molecule has 0 radical (unpaired) electrons. The Kier molecular flexibility index (Phi) is 19.3. The zero-order valence-electron chi connectivity index (χ0n) is 50.0. The maximum atomic E-state index is 14.1. The Morgan fingerprint density at radius 2 is 1.28 bits per heavy atom. The summed E-state index contributed by atoms with van der Waals surface area (Å²) in [7, 11) is 0. The monoisotopic (exact) mass is 1230 g/mol. The van der Waals surface area contributed by atoms with E-state index < -0.39 is 224 Å². The van der Waals surface area contributed by atoms with Crippen LogP contribution in [0.15, 0.2) is 23.3 Å². The molecule has 0 aromatic heterocycles. The molecule has 8 fully saturated rings. The van der Waals surface area contributed by atoms with Gasteiger partial charge in [-0.2, -0.15) is 0 Å². The average Bonchev–Trinajstić information content (AvgIpc) is 0.672. The first-order chi connectivity index (χ1) is 40.3. The Morgan fingerprint density at radius 3 is 1.90 bits per heavy atom. The van der Waals surface area contributed by atoms with Gasteiger partial charge in [-0.25, -0.2) is 9.59 Å². The van der Waals surface area contributed by atoms with E-state index in [1.54, 1.807) is 26.8 Å². The van der Waals surface area contributed by atoms with E-state index in [4.69, 9.17) is 47.4 Å². The van der Waals surface area contributed by atoms with Gasteiger partial charge in [0.2, 0.25) is 0 Å². The van der Waals surface area contributed by atoms with Crippen molar-refractivity contribution < 1.29 is 133 Å². The number of carboxylic acid groups (broad SMARTS) is 1. The Morgan fingerprint density at radius 1 is 0.663 bits per heavy atom. The molecular weight excluding hydrogens is 1140 g/mol. The summed E-state index contributed by atoms with van der Waals surface area (Å²) in [5, 5.41) is 144. The van der Waals surface area contributed by atoms with Gasteiger partial charge in [0.1, 0.15) is 97.8 Å². The molecule has 13 N–H and O–H groups in total. The first-order valence-electron chi connectivity index (χ1n) is 29.9. The van der Waals surface area contributed by atoms with Gasteiger partial charge in [-0.15, -0.1) is 0 Å². The third-order valence-corrected chi connectivity index (χ3v) is 22.2. The predicted octanol–water partition coefficient (Wildman–Crippen LogP) is -2.01. The molecule has 0 aromatic carbocycles. The lowest BCUT2D eigenvalue weighted by Crippen LogP contribution is -2.72. The van der Waals surface area contributed by atoms with Crippen LogP contribution in [0.3, 0.4) is 0 Å². The summed E-state index contributed by atoms with van der Waals surface area (Å²) in [5.41, 5.74) is -4.35. The van der Waals surface area contributed by atoms with Gasteiger partial charge in [0.15, 0.2) is 31.3 Å². The quantitative estimate of drug-likeness (QED) is 0.0277. The Labute approximate surface area is 498 Å². The smallest absolute Gasteiger partial charge is 0.335 e. The number of aliphatic hydroxyl groups excluding tert-OH is 12. The number of ether oxygens (including phenoxy) is 10. The first-order valence-corrected chi connectivity index (χ1v) is 29.9. The zero-order valence-corrected chi connectivity index (χ0v) is 50.0. The molecule has 0 aromatic rings. The minimum absolute atomic E-state index is 0.127. The van der Waals surface area contributed by atoms with Gasteiger partial charge in [-0.1, -0.05) is 59.3 Å². The number of carbonyl (C=O) groups is 4. The summed E-state index contributed by atoms with van der Waals surface area (Å²) in [6, 6.07) is 0. The zero-order chi connectivity index (χ0) is 63.3. The lowest BCUT2D eigenvalue weighted by molar-refractivity contribution is -0.393. The number of fused-ring (bicyclic) bond motifs is 7. The number of rotatable bonds is 15. The van der Waals surface area contributed by atoms with E-state index in [1.807, 2.05) is 13.8 Å². The second-order valence-electron chi connectivity index (χ2n) is 27.3. The number of hydrogen-bond donors (Lipinski definition) is 13. The van der Waals surface area contributed by atoms with Gasteiger partial charge < -0.3 is 119 Å². The van der Waals surface area contributed by atoms with E-state index in [0.29, 0.717) is 37.7 Å². The van der Waals surface area contributed by atoms with Crippen molar-refractivity contribution in [1.82, 2.24) is 0 Å². The van der Waals surface area contributed by atoms with Crippen LogP contribution >= 0.6 is 0 Å². The molecule has 9 rings (SSSR count). The van der Waals surface area contributed by atoms with E-state index in [0.717, 1.165) is 11.9 Å². The minimum Gasteiger partial charge on any atom is -0.479 e. The molecule has 4 aliphatic heterocycles. The van der Waals surface area contributed by atoms with Gasteiger partial charge in [-0.3, -0.25) is 4.79 Å². The largest absolute Gasteiger partial charge is 0.479 e. The number of aliphatic hydroxyl groups is 12. The summed E-state index contributed by atoms with van der Waals surface area (Å²) < 4.78 is 59.9. The molecule has 0 amide bonds. The number of carboxylic acids is 1. The fourth-order valence-electron chi connectivity index (χ4n) is 17.0. The van der Waals surface area contributed by atoms with Crippen molar-refractivity contribution in [2.24, 2.45) is 50.2 Å². The molecule has 27 heteroatoms. The fourth-order valence-corrected chi connectivity index (χ4v) is 17.0. The fraction of sp³-hybridized carbons (Fsp3) is 0.864. The van der Waals surface area contributed by atoms with Crippen molar-refractivity contribution in [3.8, 4) is 0 Å². The van der Waals surface area contributed by atoms with Gasteiger partial charge >= 0.3 is 17.9 Å². The highest BCUT2D eigenvalue weighted by atomic mass is 16.8. The van der Waals surface area contributed by atoms with E-state index in [1.165, 1.54) is 6.92 Å². The van der Waals surface area contributed by atoms with Gasteiger partial charge in [0.25, 0.3) is 0 Å². The molecular formula is C59H90O27. The minimum atomic E-state index is -2.24. The van der Waals surface area contributed by atoms with Crippen LogP contribution in [0.4, 0.5) is 0 Å². The van der Waals surface area contributed by atoms with E-state index in [-0.39, 0.29) is 18.8 Å². The Balaban J connectivity index is 1.02. The predicted molar refractivity (Wildman–Crippen MR) is 289 cm³/mol. The summed E-state index contributed by atoms with van der Waals surface area (Å²) in [6.45, 7) is 13.9. The maximum Gasteiger partial charge on any atom is 0.335 e. The van der Waals surface area contributed by atoms with Gasteiger partial charge in [-0.05, 0) is 92.8 Å². The topological polar surface area (TPSA) is 424 Å². The molecule has 0 spiro atoms. The van der Waals surface area contributed by atoms with Crippen LogP contribution in [-0.2, 0) is 66.5 Å². The number of aliphatic carboxylic acids is 1. The molecule has 5 aliphatic carbocycles. The van der Waals surface area contributed by atoms with Crippen LogP contribution in [0.25, 0.3) is 0 Å². The number of allylic oxidation sites excluding steroid dienone is 3. The van der Waals surface area contributed by atoms with Crippen LogP contribution in [0.2, 0.25) is 0 Å². The third kappa shape index (κ3) is 10.9. The highest BCUT2D eigenvalue weighted by molar-refractivity contribution is 5.87. The molecule has 86 heavy (non-hydrogen) atoms. The van der Waals surface area contributed by atoms with E-state index in [2.05, 4.69) is 26.8 Å². The number of hydrogen-bond acceptors (Lipinski definition) is 26. The molecule has 9 aliphatic rings. The Hall–Kier alpha value is -3.24. The lowest BCUT2D eigenvalue weighted by Gasteiger charge is -2.72. The van der Waals surface area contributed by atoms with Crippen molar-refractivity contribution in [3.63, 3.8) is 0 Å². The molecule has 4 saturated carbocycles. The third-order valence-electron chi connectivity index (χ3n) is 22.2. The maximum absolute atomic E-state index is 14.1. The summed E-state index contributed by atoms with van der Waals surface area (Å²) in [4.78, 5) is 54.0. The van der Waals surface area contributed by atoms with Gasteiger partial charge in [0, 0.05) is 17.9 Å². The summed E-state index contributed by atoms with van der Waals surface area (Å²) in [6.07, 6.45) is -32.0. The average molecular weight is 1230 g/mol. The number of aldehydes is 1. The highest BCUT2D eigenvalue weighted by Gasteiger charge is 2.74. The van der Waals surface area contributed by atoms with Crippen LogP contribution in [0, 0.1) is 50.2 Å². The van der Waals surface area contributed by atoms with E-state index >= 15 is 0 Å². The highest BCUT2D eigenvalue weighted by Crippen LogP contribution is 2.76. The lowest BCUT2D eigenvalue weighted by atomic mass is 9.33. The van der Waals surface area contributed by atoms with Crippen LogP contribution < -0.4 is 0 Å². The molecule has 0 bridgehead atoms. The molecule has 30 atom stereocenters. The second-order valence-corrected chi connectivity index (χ2v) is 27.3. The van der Waals surface area contributed by atoms with Crippen LogP contribution in [-0.4, -0.2) is 252 Å². The van der Waals surface area contributed by atoms with Crippen molar-refractivity contribution in [2.45, 2.75) is 242 Å². The van der Waals surface area contributed by atoms with Crippen molar-refractivity contribution in [2.75, 3.05) is 26.4 Å². The first kappa shape index (κ1) is 67.2. The number of esters is 2. The van der Waals surface area contributed by atoms with E-state index in [9.17, 15) is 85.6 Å². The molecule has 4 heterocycles. The SMILES string of the molecule is C/C=C(/C)C(=O)O[C@H]1[C@H](OC(C)=O)[C@]2(CO)[C@H](O)C[C@]3(C)C(=CC[C@@H]4[C@@]5(C)CC[C@H](O[C@@H]6O[C@H](C(=O)O)[C@@H](O[C@@H]7OC[C@H](O)[C@H](O)[C@H]7O[C@@H]7OC[C@@H](O)[C@H](O)[C@H]7O)[C@H](O)[C@H]6O[C@@H]6O[C@H](CO)[C@@H](O)[C@H](O)[C@H]6O)[C@@](C)(C=O)[C@@H]5CC[C@]43C)[C@@H]2CC1(C)C. The van der Waals surface area contributed by atoms with Crippen LogP contribution in [0.1, 0.15) is 107 Å². The molecule has 488 valence electrons. The summed E-state index contributed by atoms with van der Waals surface area (Å²) >= 11 is 0. The van der Waals surface area contributed by atoms with Crippen molar-refractivity contribution in [1.29, 1.82) is 0 Å². The normalized spacial score (nSPS) is 51.1. The number of carbonyl (C=O) groups excluding carboxylic acids is 3. The second kappa shape index (κ2) is 24.8. The molecule has 27 nitrogen and oxygen atoms in total. The van der Waals surface area contributed by atoms with Crippen LogP contribution in [0.5, 0.6) is 0 Å². The molecule has 0 unspecified atom stereocenters. The molecule has 4 saturated heterocycles. The standard InChI is InChI=1S/C59H90O27/c1-10-24(2)49(76)86-46-47(79-25(3)63)59(23-62)27(17-54(46,4)5)26-11-12-32-55(6)15-14-34(56(7,22-61)31(55)13-16-57(32,8)58(26,9)18-33(59)66)81-53-44(84-51-40(72)38(70)37(69)30(19-60)80-51)41(73)42(45(85-53)48(74)75)82-52-43(36(68)29(65)21-78-52)83-50-39(71)35(67)28(64)20-77-50/h10-11,22,27-47,50-53,60,62,64-73H,12-21,23H2,1-9H3,(H,74,75)/b24-10-/t27-,28+,29-,30+,31+,32+,33+,34-,35-,36-,37+,38-,39+,40+,41-,42-,43+,44+,45-,46-,47-,50-,51-,52-,53+,55-,56-,57+,58+,59-/m0/s1. The van der Waals surface area contributed by atoms with Crippen molar-refractivity contribution >= 4 is 24.2 Å². The summed E-state index contributed by atoms with van der Waals surface area (Å²) in [5.74, 6) is -4.19. The Bertz CT molecular complexity index is 2550.